The molecule has 0 bridgehead atoms. The Kier molecular flexibility index (Phi) is 6.34. The number of aryl methyl sites for hydroxylation is 1. The van der Waals surface area contributed by atoms with Crippen LogP contribution in [0.4, 0.5) is 0 Å². The molecule has 0 heterocycles. The maximum atomic E-state index is 11.8. The highest BCUT2D eigenvalue weighted by Crippen LogP contribution is 2.19. The van der Waals surface area contributed by atoms with Crippen LogP contribution in [0.2, 0.25) is 5.02 Å². The van der Waals surface area contributed by atoms with Crippen LogP contribution in [-0.2, 0) is 4.74 Å². The molecule has 1 rings (SSSR count). The van der Waals surface area contributed by atoms with Crippen LogP contribution in [0.3, 0.4) is 0 Å². The summed E-state index contributed by atoms with van der Waals surface area (Å²) in [6.07, 6.45) is 0. The first-order chi connectivity index (χ1) is 8.16. The molecule has 0 saturated carbocycles. The van der Waals surface area contributed by atoms with Crippen molar-refractivity contribution in [3.8, 4) is 0 Å². The van der Waals surface area contributed by atoms with E-state index in [1.54, 1.807) is 12.1 Å². The number of ether oxygens (including phenoxy) is 1. The summed E-state index contributed by atoms with van der Waals surface area (Å²) in [5.41, 5.74) is 1.38. The zero-order valence-corrected chi connectivity index (χ0v) is 11.1. The van der Waals surface area contributed by atoms with Crippen LogP contribution in [0.15, 0.2) is 18.2 Å². The van der Waals surface area contributed by atoms with Crippen molar-refractivity contribution < 1.29 is 9.53 Å². The van der Waals surface area contributed by atoms with Crippen molar-refractivity contribution in [2.45, 2.75) is 6.92 Å². The van der Waals surface area contributed by atoms with Crippen molar-refractivity contribution in [1.82, 2.24) is 5.32 Å². The van der Waals surface area contributed by atoms with Gasteiger partial charge in [0.1, 0.15) is 0 Å². The predicted octanol–water partition coefficient (Wildman–Crippen LogP) is 2.63. The van der Waals surface area contributed by atoms with E-state index in [4.69, 9.17) is 27.9 Å². The summed E-state index contributed by atoms with van der Waals surface area (Å²) in [5.74, 6) is 0.269. The summed E-state index contributed by atoms with van der Waals surface area (Å²) in [4.78, 5) is 11.8. The second-order valence-corrected chi connectivity index (χ2v) is 4.25. The van der Waals surface area contributed by atoms with Gasteiger partial charge in [-0.2, -0.15) is 0 Å². The average molecular weight is 276 g/mol. The Hall–Kier alpha value is -0.770. The maximum absolute atomic E-state index is 11.8. The number of amides is 1. The van der Waals surface area contributed by atoms with Gasteiger partial charge in [-0.25, -0.2) is 0 Å². The molecule has 1 aromatic rings. The third-order valence-electron chi connectivity index (χ3n) is 2.19. The molecule has 0 saturated heterocycles. The molecule has 1 N–H and O–H groups in total. The van der Waals surface area contributed by atoms with E-state index in [2.05, 4.69) is 5.32 Å². The zero-order chi connectivity index (χ0) is 12.7. The van der Waals surface area contributed by atoms with Crippen molar-refractivity contribution in [3.05, 3.63) is 34.3 Å². The van der Waals surface area contributed by atoms with Crippen molar-refractivity contribution in [2.75, 3.05) is 25.6 Å². The van der Waals surface area contributed by atoms with Gasteiger partial charge < -0.3 is 10.1 Å². The summed E-state index contributed by atoms with van der Waals surface area (Å²) >= 11 is 11.5. The van der Waals surface area contributed by atoms with Crippen LogP contribution in [-0.4, -0.2) is 31.5 Å². The predicted molar refractivity (Wildman–Crippen MR) is 70.1 cm³/mol. The number of hydrogen-bond acceptors (Lipinski definition) is 2. The summed E-state index contributed by atoms with van der Waals surface area (Å²) < 4.78 is 5.14. The van der Waals surface area contributed by atoms with Crippen molar-refractivity contribution in [1.29, 1.82) is 0 Å². The van der Waals surface area contributed by atoms with E-state index in [1.165, 1.54) is 0 Å². The second-order valence-electron chi connectivity index (χ2n) is 3.49. The maximum Gasteiger partial charge on any atom is 0.252 e. The van der Waals surface area contributed by atoms with E-state index in [-0.39, 0.29) is 5.91 Å². The second kappa shape index (κ2) is 7.54. The van der Waals surface area contributed by atoms with Gasteiger partial charge in [-0.05, 0) is 18.6 Å². The first-order valence-electron chi connectivity index (χ1n) is 5.34. The molecule has 1 amide bonds. The summed E-state index contributed by atoms with van der Waals surface area (Å²) in [7, 11) is 0. The van der Waals surface area contributed by atoms with Gasteiger partial charge in [0, 0.05) is 12.4 Å². The van der Waals surface area contributed by atoms with Gasteiger partial charge in [0.15, 0.2) is 0 Å². The normalized spacial score (nSPS) is 10.3. The van der Waals surface area contributed by atoms with E-state index in [0.29, 0.717) is 36.2 Å². The van der Waals surface area contributed by atoms with Crippen LogP contribution < -0.4 is 5.32 Å². The number of carbonyl (C=O) groups excluding carboxylic acids is 1. The van der Waals surface area contributed by atoms with Gasteiger partial charge in [-0.15, -0.1) is 11.6 Å². The Bertz CT molecular complexity index is 383. The lowest BCUT2D eigenvalue weighted by Crippen LogP contribution is -2.27. The topological polar surface area (TPSA) is 38.3 Å². The third kappa shape index (κ3) is 4.54. The number of carbonyl (C=O) groups is 1. The number of hydrogen-bond donors (Lipinski definition) is 1. The number of halogens is 2. The highest BCUT2D eigenvalue weighted by molar-refractivity contribution is 6.34. The summed E-state index contributed by atoms with van der Waals surface area (Å²) in [6, 6.07) is 5.37. The van der Waals surface area contributed by atoms with Gasteiger partial charge in [0.05, 0.1) is 23.8 Å². The minimum atomic E-state index is -0.187. The summed E-state index contributed by atoms with van der Waals surface area (Å²) in [6.45, 7) is 3.24. The molecule has 0 unspecified atom stereocenters. The van der Waals surface area contributed by atoms with Gasteiger partial charge in [-0.1, -0.05) is 23.7 Å². The Morgan fingerprint density at radius 2 is 2.18 bits per heavy atom. The number of alkyl halides is 1. The molecule has 5 heteroatoms. The highest BCUT2D eigenvalue weighted by Gasteiger charge is 2.10. The average Bonchev–Trinajstić information content (AvgIpc) is 2.32. The van der Waals surface area contributed by atoms with E-state index in [1.807, 2.05) is 13.0 Å². The van der Waals surface area contributed by atoms with E-state index in [0.717, 1.165) is 5.56 Å². The van der Waals surface area contributed by atoms with Crippen LogP contribution in [0.25, 0.3) is 0 Å². The molecular weight excluding hydrogens is 261 g/mol. The number of benzene rings is 1. The molecule has 0 fully saturated rings. The first-order valence-corrected chi connectivity index (χ1v) is 6.25. The van der Waals surface area contributed by atoms with E-state index in [9.17, 15) is 4.79 Å². The molecule has 0 aliphatic heterocycles. The number of nitrogens with one attached hydrogen (secondary N) is 1. The quantitative estimate of drug-likeness (QED) is 0.640. The van der Waals surface area contributed by atoms with Crippen LogP contribution in [0.1, 0.15) is 15.9 Å². The molecule has 0 aromatic heterocycles. The van der Waals surface area contributed by atoms with Crippen LogP contribution in [0.5, 0.6) is 0 Å². The molecule has 1 aromatic carbocycles. The van der Waals surface area contributed by atoms with Gasteiger partial charge in [0.25, 0.3) is 5.91 Å². The highest BCUT2D eigenvalue weighted by atomic mass is 35.5. The number of rotatable bonds is 6. The van der Waals surface area contributed by atoms with E-state index >= 15 is 0 Å². The standard InChI is InChI=1S/C12H15Cl2NO2/c1-9-3-2-4-10(11(9)14)12(16)15-6-8-17-7-5-13/h2-4H,5-8H2,1H3,(H,15,16). The molecule has 94 valence electrons. The lowest BCUT2D eigenvalue weighted by atomic mass is 10.1. The minimum Gasteiger partial charge on any atom is -0.378 e. The van der Waals surface area contributed by atoms with Gasteiger partial charge in [0.2, 0.25) is 0 Å². The third-order valence-corrected chi connectivity index (χ3v) is 2.85. The summed E-state index contributed by atoms with van der Waals surface area (Å²) in [5, 5.41) is 3.23. The first kappa shape index (κ1) is 14.3. The van der Waals surface area contributed by atoms with Crippen molar-refractivity contribution in [3.63, 3.8) is 0 Å². The Morgan fingerprint density at radius 3 is 2.88 bits per heavy atom. The Balaban J connectivity index is 2.44. The van der Waals surface area contributed by atoms with Crippen molar-refractivity contribution in [2.24, 2.45) is 0 Å². The Morgan fingerprint density at radius 1 is 1.41 bits per heavy atom. The molecule has 17 heavy (non-hydrogen) atoms. The fraction of sp³-hybridized carbons (Fsp3) is 0.417. The lowest BCUT2D eigenvalue weighted by Gasteiger charge is -2.08. The van der Waals surface area contributed by atoms with Crippen LogP contribution in [0, 0.1) is 6.92 Å². The van der Waals surface area contributed by atoms with Crippen molar-refractivity contribution >= 4 is 29.1 Å². The molecule has 0 radical (unpaired) electrons. The largest absolute Gasteiger partial charge is 0.378 e. The Labute approximate surface area is 111 Å². The fourth-order valence-electron chi connectivity index (χ4n) is 1.31. The SMILES string of the molecule is Cc1cccc(C(=O)NCCOCCCl)c1Cl. The zero-order valence-electron chi connectivity index (χ0n) is 9.63. The lowest BCUT2D eigenvalue weighted by molar-refractivity contribution is 0.0923. The minimum absolute atomic E-state index is 0.187. The van der Waals surface area contributed by atoms with Crippen LogP contribution >= 0.6 is 23.2 Å². The fourth-order valence-corrected chi connectivity index (χ4v) is 1.63. The molecule has 0 aliphatic rings. The molecule has 3 nitrogen and oxygen atoms in total. The molecule has 0 atom stereocenters. The molecule has 0 aliphatic carbocycles. The van der Waals surface area contributed by atoms with Gasteiger partial charge >= 0.3 is 0 Å². The van der Waals surface area contributed by atoms with E-state index < -0.39 is 0 Å². The molecular formula is C12H15Cl2NO2. The van der Waals surface area contributed by atoms with Gasteiger partial charge in [-0.3, -0.25) is 4.79 Å². The molecule has 0 spiro atoms. The monoisotopic (exact) mass is 275 g/mol. The smallest absolute Gasteiger partial charge is 0.252 e.